The Bertz CT molecular complexity index is 500. The molecule has 1 aromatic heterocycles. The van der Waals surface area contributed by atoms with Crippen LogP contribution in [0.25, 0.3) is 0 Å². The first-order valence-corrected chi connectivity index (χ1v) is 7.37. The van der Waals surface area contributed by atoms with Crippen LogP contribution >= 0.6 is 12.2 Å². The van der Waals surface area contributed by atoms with E-state index in [1.165, 1.54) is 12.8 Å². The zero-order valence-corrected chi connectivity index (χ0v) is 12.4. The monoisotopic (exact) mass is 293 g/mol. The van der Waals surface area contributed by atoms with Gasteiger partial charge in [-0.1, -0.05) is 0 Å². The standard InChI is InChI=1S/C13H19N5OS/c1-9-8-11(18-4-6-19-7-5-18)16-12(14-9)17-13(20)15-10-2-3-10/h8,10H,2-7H2,1H3,(H2,14,15,16,17,20). The van der Waals surface area contributed by atoms with E-state index in [4.69, 9.17) is 17.0 Å². The van der Waals surface area contributed by atoms with Crippen LogP contribution in [-0.2, 0) is 4.74 Å². The van der Waals surface area contributed by atoms with Crippen molar-refractivity contribution < 1.29 is 4.74 Å². The Morgan fingerprint density at radius 1 is 1.35 bits per heavy atom. The Labute approximate surface area is 123 Å². The van der Waals surface area contributed by atoms with E-state index in [9.17, 15) is 0 Å². The third-order valence-corrected chi connectivity index (χ3v) is 3.53. The number of aromatic nitrogens is 2. The number of hydrogen-bond acceptors (Lipinski definition) is 5. The predicted octanol–water partition coefficient (Wildman–Crippen LogP) is 1.07. The first-order valence-electron chi connectivity index (χ1n) is 6.96. The molecule has 0 unspecified atom stereocenters. The summed E-state index contributed by atoms with van der Waals surface area (Å²) in [7, 11) is 0. The summed E-state index contributed by atoms with van der Waals surface area (Å²) in [6, 6.07) is 2.52. The minimum absolute atomic E-state index is 0.526. The van der Waals surface area contributed by atoms with Crippen molar-refractivity contribution in [1.82, 2.24) is 15.3 Å². The van der Waals surface area contributed by atoms with Crippen molar-refractivity contribution in [2.24, 2.45) is 0 Å². The van der Waals surface area contributed by atoms with E-state index in [1.807, 2.05) is 13.0 Å². The van der Waals surface area contributed by atoms with Gasteiger partial charge in [0.05, 0.1) is 13.2 Å². The van der Waals surface area contributed by atoms with Crippen LogP contribution in [0.1, 0.15) is 18.5 Å². The molecular weight excluding hydrogens is 274 g/mol. The summed E-state index contributed by atoms with van der Waals surface area (Å²) >= 11 is 5.26. The molecule has 1 aliphatic heterocycles. The van der Waals surface area contributed by atoms with Crippen LogP contribution in [0, 0.1) is 6.92 Å². The molecule has 0 bridgehead atoms. The van der Waals surface area contributed by atoms with E-state index < -0.39 is 0 Å². The third kappa shape index (κ3) is 3.55. The highest BCUT2D eigenvalue weighted by Gasteiger charge is 2.22. The van der Waals surface area contributed by atoms with Crippen LogP contribution in [0.3, 0.4) is 0 Å². The molecule has 0 atom stereocenters. The smallest absolute Gasteiger partial charge is 0.231 e. The fraction of sp³-hybridized carbons (Fsp3) is 0.615. The second-order valence-electron chi connectivity index (χ2n) is 5.16. The Morgan fingerprint density at radius 3 is 2.80 bits per heavy atom. The maximum Gasteiger partial charge on any atom is 0.231 e. The average Bonchev–Trinajstić information content (AvgIpc) is 3.23. The number of nitrogens with one attached hydrogen (secondary N) is 2. The lowest BCUT2D eigenvalue weighted by Gasteiger charge is -2.28. The number of rotatable bonds is 3. The largest absolute Gasteiger partial charge is 0.378 e. The molecule has 7 heteroatoms. The minimum Gasteiger partial charge on any atom is -0.378 e. The highest BCUT2D eigenvalue weighted by molar-refractivity contribution is 7.80. The Hall–Kier alpha value is -1.47. The van der Waals surface area contributed by atoms with Crippen molar-refractivity contribution in [3.05, 3.63) is 11.8 Å². The number of morpholine rings is 1. The van der Waals surface area contributed by atoms with E-state index >= 15 is 0 Å². The van der Waals surface area contributed by atoms with Gasteiger partial charge in [0.25, 0.3) is 0 Å². The molecule has 2 aliphatic rings. The summed E-state index contributed by atoms with van der Waals surface area (Å²) in [5.74, 6) is 1.49. The lowest BCUT2D eigenvalue weighted by atomic mass is 10.3. The number of ether oxygens (including phenoxy) is 1. The molecule has 1 aromatic rings. The molecule has 0 spiro atoms. The first-order chi connectivity index (χ1) is 9.70. The summed E-state index contributed by atoms with van der Waals surface area (Å²) in [6.07, 6.45) is 2.38. The van der Waals surface area contributed by atoms with Gasteiger partial charge in [-0.15, -0.1) is 0 Å². The van der Waals surface area contributed by atoms with E-state index in [1.54, 1.807) is 0 Å². The van der Waals surface area contributed by atoms with Gasteiger partial charge in [0.2, 0.25) is 5.95 Å². The highest BCUT2D eigenvalue weighted by atomic mass is 32.1. The lowest BCUT2D eigenvalue weighted by Crippen LogP contribution is -2.37. The van der Waals surface area contributed by atoms with Gasteiger partial charge >= 0.3 is 0 Å². The van der Waals surface area contributed by atoms with E-state index in [-0.39, 0.29) is 0 Å². The molecule has 1 aliphatic carbocycles. The molecule has 1 saturated heterocycles. The highest BCUT2D eigenvalue weighted by Crippen LogP contribution is 2.19. The van der Waals surface area contributed by atoms with Crippen molar-refractivity contribution in [2.45, 2.75) is 25.8 Å². The van der Waals surface area contributed by atoms with Crippen LogP contribution in [0.5, 0.6) is 0 Å². The normalized spacial score (nSPS) is 18.8. The summed E-state index contributed by atoms with van der Waals surface area (Å²) in [5.41, 5.74) is 0.929. The van der Waals surface area contributed by atoms with Crippen LogP contribution < -0.4 is 15.5 Å². The molecule has 0 radical (unpaired) electrons. The van der Waals surface area contributed by atoms with Crippen molar-refractivity contribution >= 4 is 29.1 Å². The van der Waals surface area contributed by atoms with E-state index in [0.29, 0.717) is 17.1 Å². The fourth-order valence-electron chi connectivity index (χ4n) is 2.11. The molecule has 2 heterocycles. The minimum atomic E-state index is 0.526. The Morgan fingerprint density at radius 2 is 2.10 bits per heavy atom. The van der Waals surface area contributed by atoms with Crippen LogP contribution in [-0.4, -0.2) is 47.4 Å². The zero-order chi connectivity index (χ0) is 13.9. The molecule has 6 nitrogen and oxygen atoms in total. The second-order valence-corrected chi connectivity index (χ2v) is 5.57. The van der Waals surface area contributed by atoms with Crippen LogP contribution in [0.2, 0.25) is 0 Å². The van der Waals surface area contributed by atoms with Gasteiger partial charge in [-0.25, -0.2) is 4.98 Å². The quantitative estimate of drug-likeness (QED) is 0.808. The summed E-state index contributed by atoms with van der Waals surface area (Å²) < 4.78 is 5.37. The van der Waals surface area contributed by atoms with Gasteiger partial charge in [0.15, 0.2) is 5.11 Å². The molecule has 1 saturated carbocycles. The lowest BCUT2D eigenvalue weighted by molar-refractivity contribution is 0.122. The zero-order valence-electron chi connectivity index (χ0n) is 11.6. The molecule has 108 valence electrons. The summed E-state index contributed by atoms with van der Waals surface area (Å²) in [4.78, 5) is 11.1. The van der Waals surface area contributed by atoms with Crippen molar-refractivity contribution in [2.75, 3.05) is 36.5 Å². The molecule has 2 N–H and O–H groups in total. The number of anilines is 2. The maximum absolute atomic E-state index is 5.37. The fourth-order valence-corrected chi connectivity index (χ4v) is 2.37. The summed E-state index contributed by atoms with van der Waals surface area (Å²) in [5, 5.41) is 6.90. The van der Waals surface area contributed by atoms with Gasteiger partial charge in [0, 0.05) is 30.9 Å². The Balaban J connectivity index is 1.69. The summed E-state index contributed by atoms with van der Waals surface area (Å²) in [6.45, 7) is 5.18. The van der Waals surface area contributed by atoms with Gasteiger partial charge in [-0.05, 0) is 32.0 Å². The molecule has 2 fully saturated rings. The maximum atomic E-state index is 5.37. The number of nitrogens with zero attached hydrogens (tertiary/aromatic N) is 3. The number of thiocarbonyl (C=S) groups is 1. The van der Waals surface area contributed by atoms with Crippen molar-refractivity contribution in [3.8, 4) is 0 Å². The van der Waals surface area contributed by atoms with Gasteiger partial charge in [0.1, 0.15) is 5.82 Å². The third-order valence-electron chi connectivity index (χ3n) is 3.31. The molecule has 3 rings (SSSR count). The number of hydrogen-bond donors (Lipinski definition) is 2. The predicted molar refractivity (Wildman–Crippen MR) is 82.2 cm³/mol. The SMILES string of the molecule is Cc1cc(N2CCOCC2)nc(NC(=S)NC2CC2)n1. The molecular formula is C13H19N5OS. The van der Waals surface area contributed by atoms with Crippen molar-refractivity contribution in [3.63, 3.8) is 0 Å². The first kappa shape index (κ1) is 13.5. The van der Waals surface area contributed by atoms with Gasteiger partial charge < -0.3 is 20.3 Å². The van der Waals surface area contributed by atoms with Crippen molar-refractivity contribution in [1.29, 1.82) is 0 Å². The topological polar surface area (TPSA) is 62.3 Å². The van der Waals surface area contributed by atoms with Gasteiger partial charge in [-0.2, -0.15) is 4.98 Å². The van der Waals surface area contributed by atoms with Crippen LogP contribution in [0.15, 0.2) is 6.07 Å². The van der Waals surface area contributed by atoms with Gasteiger partial charge in [-0.3, -0.25) is 0 Å². The van der Waals surface area contributed by atoms with Crippen LogP contribution in [0.4, 0.5) is 11.8 Å². The van der Waals surface area contributed by atoms with E-state index in [2.05, 4.69) is 25.5 Å². The molecule has 20 heavy (non-hydrogen) atoms. The Kier molecular flexibility index (Phi) is 3.98. The second kappa shape index (κ2) is 5.88. The average molecular weight is 293 g/mol. The number of aryl methyl sites for hydroxylation is 1. The van der Waals surface area contributed by atoms with E-state index in [0.717, 1.165) is 37.8 Å². The molecule has 0 amide bonds. The molecule has 0 aromatic carbocycles.